The molecule has 0 radical (unpaired) electrons. The van der Waals surface area contributed by atoms with Gasteiger partial charge in [0, 0.05) is 18.2 Å². The van der Waals surface area contributed by atoms with Crippen LogP contribution in [0.1, 0.15) is 17.3 Å². The third-order valence-electron chi connectivity index (χ3n) is 4.05. The molecule has 1 saturated heterocycles. The molecule has 1 fully saturated rings. The summed E-state index contributed by atoms with van der Waals surface area (Å²) in [6, 6.07) is 8.92. The van der Waals surface area contributed by atoms with Crippen LogP contribution in [0.15, 0.2) is 42.5 Å². The van der Waals surface area contributed by atoms with E-state index in [1.807, 2.05) is 0 Å². The first-order valence-electron chi connectivity index (χ1n) is 8.24. The van der Waals surface area contributed by atoms with Gasteiger partial charge in [0.05, 0.1) is 12.6 Å². The van der Waals surface area contributed by atoms with Crippen LogP contribution in [0.3, 0.4) is 0 Å². The summed E-state index contributed by atoms with van der Waals surface area (Å²) in [4.78, 5) is 25.2. The van der Waals surface area contributed by atoms with Gasteiger partial charge in [0.15, 0.2) is 17.7 Å². The van der Waals surface area contributed by atoms with Crippen LogP contribution in [0, 0.1) is 11.6 Å². The SMILES string of the molecule is C[C@@H]1CN(C(=O)c2ccc(Oc3ccc(F)cc3F)cc2)CC(C(=O)O)O1. The van der Waals surface area contributed by atoms with Gasteiger partial charge in [-0.1, -0.05) is 0 Å². The second-order valence-corrected chi connectivity index (χ2v) is 6.18. The minimum atomic E-state index is -1.12. The second-order valence-electron chi connectivity index (χ2n) is 6.18. The normalized spacial score (nSPS) is 19.6. The molecule has 2 aromatic carbocycles. The Balaban J connectivity index is 1.71. The Morgan fingerprint density at radius 1 is 1.15 bits per heavy atom. The van der Waals surface area contributed by atoms with E-state index in [4.69, 9.17) is 14.6 Å². The lowest BCUT2D eigenvalue weighted by Crippen LogP contribution is -2.51. The van der Waals surface area contributed by atoms with Crippen LogP contribution in [0.25, 0.3) is 0 Å². The van der Waals surface area contributed by atoms with Gasteiger partial charge in [-0.3, -0.25) is 4.79 Å². The average Bonchev–Trinajstić information content (AvgIpc) is 2.63. The van der Waals surface area contributed by atoms with E-state index in [1.54, 1.807) is 6.92 Å². The van der Waals surface area contributed by atoms with Gasteiger partial charge in [0.2, 0.25) is 0 Å². The van der Waals surface area contributed by atoms with Gasteiger partial charge >= 0.3 is 5.97 Å². The number of carbonyl (C=O) groups excluding carboxylic acids is 1. The largest absolute Gasteiger partial charge is 0.479 e. The monoisotopic (exact) mass is 377 g/mol. The van der Waals surface area contributed by atoms with E-state index in [-0.39, 0.29) is 30.5 Å². The summed E-state index contributed by atoms with van der Waals surface area (Å²) >= 11 is 0. The van der Waals surface area contributed by atoms with Gasteiger partial charge in [-0.15, -0.1) is 0 Å². The van der Waals surface area contributed by atoms with Crippen molar-refractivity contribution < 1.29 is 33.0 Å². The lowest BCUT2D eigenvalue weighted by Gasteiger charge is -2.35. The number of nitrogens with zero attached hydrogens (tertiary/aromatic N) is 1. The molecule has 1 heterocycles. The number of benzene rings is 2. The molecule has 8 heteroatoms. The first-order chi connectivity index (χ1) is 12.8. The number of hydrogen-bond donors (Lipinski definition) is 1. The van der Waals surface area contributed by atoms with Crippen LogP contribution in [0.5, 0.6) is 11.5 Å². The molecule has 2 aromatic rings. The van der Waals surface area contributed by atoms with Crippen LogP contribution >= 0.6 is 0 Å². The molecule has 1 unspecified atom stereocenters. The lowest BCUT2D eigenvalue weighted by molar-refractivity contribution is -0.160. The molecule has 3 rings (SSSR count). The zero-order valence-corrected chi connectivity index (χ0v) is 14.4. The molecule has 1 aliphatic heterocycles. The average molecular weight is 377 g/mol. The number of amides is 1. The third-order valence-corrected chi connectivity index (χ3v) is 4.05. The first-order valence-corrected chi connectivity index (χ1v) is 8.24. The van der Waals surface area contributed by atoms with Gasteiger partial charge in [-0.25, -0.2) is 13.6 Å². The number of ether oxygens (including phenoxy) is 2. The standard InChI is InChI=1S/C19H17F2NO5/c1-11-9-22(10-17(26-11)19(24)25)18(23)12-2-5-14(6-3-12)27-16-7-4-13(20)8-15(16)21/h2-8,11,17H,9-10H2,1H3,(H,24,25)/t11-,17?/m1/s1. The van der Waals surface area contributed by atoms with Crippen LogP contribution < -0.4 is 4.74 Å². The highest BCUT2D eigenvalue weighted by molar-refractivity contribution is 5.94. The maximum absolute atomic E-state index is 13.6. The Hall–Kier alpha value is -3.00. The maximum Gasteiger partial charge on any atom is 0.334 e. The topological polar surface area (TPSA) is 76.1 Å². The number of hydrogen-bond acceptors (Lipinski definition) is 4. The molecule has 27 heavy (non-hydrogen) atoms. The quantitative estimate of drug-likeness (QED) is 0.886. The number of carboxylic acids is 1. The van der Waals surface area contributed by atoms with E-state index in [2.05, 4.69) is 0 Å². The summed E-state index contributed by atoms with van der Waals surface area (Å²) in [6.07, 6.45) is -1.46. The van der Waals surface area contributed by atoms with E-state index < -0.39 is 29.8 Å². The van der Waals surface area contributed by atoms with Crippen molar-refractivity contribution in [1.82, 2.24) is 4.90 Å². The van der Waals surface area contributed by atoms with Crippen molar-refractivity contribution in [2.45, 2.75) is 19.1 Å². The fraction of sp³-hybridized carbons (Fsp3) is 0.263. The summed E-state index contributed by atoms with van der Waals surface area (Å²) in [6.45, 7) is 1.93. The molecule has 0 aromatic heterocycles. The van der Waals surface area contributed by atoms with Crippen molar-refractivity contribution in [3.63, 3.8) is 0 Å². The smallest absolute Gasteiger partial charge is 0.334 e. The van der Waals surface area contributed by atoms with Gasteiger partial charge < -0.3 is 19.5 Å². The lowest BCUT2D eigenvalue weighted by atomic mass is 10.1. The Morgan fingerprint density at radius 2 is 1.85 bits per heavy atom. The molecule has 0 aliphatic carbocycles. The van der Waals surface area contributed by atoms with Crippen LogP contribution in [0.4, 0.5) is 8.78 Å². The van der Waals surface area contributed by atoms with E-state index in [1.165, 1.54) is 35.2 Å². The molecule has 1 amide bonds. The van der Waals surface area contributed by atoms with Gasteiger partial charge in [-0.2, -0.15) is 0 Å². The zero-order chi connectivity index (χ0) is 19.6. The zero-order valence-electron chi connectivity index (χ0n) is 14.4. The Morgan fingerprint density at radius 3 is 2.48 bits per heavy atom. The summed E-state index contributed by atoms with van der Waals surface area (Å²) in [5.74, 6) is -2.87. The highest BCUT2D eigenvalue weighted by Crippen LogP contribution is 2.25. The van der Waals surface area contributed by atoms with Crippen molar-refractivity contribution in [3.05, 3.63) is 59.7 Å². The Labute approximate surface area is 153 Å². The number of halogens is 2. The Bertz CT molecular complexity index is 856. The van der Waals surface area contributed by atoms with Crippen LogP contribution in [0.2, 0.25) is 0 Å². The van der Waals surface area contributed by atoms with E-state index in [0.29, 0.717) is 11.6 Å². The molecule has 2 atom stereocenters. The fourth-order valence-electron chi connectivity index (χ4n) is 2.79. The molecular formula is C19H17F2NO5. The minimum Gasteiger partial charge on any atom is -0.479 e. The Kier molecular flexibility index (Phi) is 5.36. The minimum absolute atomic E-state index is 0.0441. The third kappa shape index (κ3) is 4.40. The summed E-state index contributed by atoms with van der Waals surface area (Å²) in [7, 11) is 0. The molecule has 1 N–H and O–H groups in total. The van der Waals surface area contributed by atoms with Crippen molar-refractivity contribution in [2.75, 3.05) is 13.1 Å². The predicted octanol–water partition coefficient (Wildman–Crippen LogP) is 3.07. The maximum atomic E-state index is 13.6. The molecule has 0 saturated carbocycles. The van der Waals surface area contributed by atoms with Gasteiger partial charge in [0.25, 0.3) is 5.91 Å². The van der Waals surface area contributed by atoms with Crippen molar-refractivity contribution in [1.29, 1.82) is 0 Å². The summed E-state index contributed by atoms with van der Waals surface area (Å²) in [5, 5.41) is 9.11. The number of carbonyl (C=O) groups is 2. The molecule has 6 nitrogen and oxygen atoms in total. The van der Waals surface area contributed by atoms with E-state index in [9.17, 15) is 18.4 Å². The van der Waals surface area contributed by atoms with Crippen LogP contribution in [-0.2, 0) is 9.53 Å². The molecule has 0 bridgehead atoms. The second kappa shape index (κ2) is 7.71. The summed E-state index contributed by atoms with van der Waals surface area (Å²) in [5.41, 5.74) is 0.333. The number of rotatable bonds is 4. The van der Waals surface area contributed by atoms with Gasteiger partial charge in [0.1, 0.15) is 11.6 Å². The number of morpholine rings is 1. The molecule has 142 valence electrons. The number of carboxylic acid groups (broad SMARTS) is 1. The highest BCUT2D eigenvalue weighted by Gasteiger charge is 2.32. The fourth-order valence-corrected chi connectivity index (χ4v) is 2.79. The van der Waals surface area contributed by atoms with Gasteiger partial charge in [-0.05, 0) is 43.3 Å². The highest BCUT2D eigenvalue weighted by atomic mass is 19.1. The van der Waals surface area contributed by atoms with E-state index >= 15 is 0 Å². The van der Waals surface area contributed by atoms with Crippen molar-refractivity contribution in [3.8, 4) is 11.5 Å². The first kappa shape index (κ1) is 18.8. The summed E-state index contributed by atoms with van der Waals surface area (Å²) < 4.78 is 37.2. The predicted molar refractivity (Wildman–Crippen MR) is 90.7 cm³/mol. The molecule has 1 aliphatic rings. The molecule has 0 spiro atoms. The molecular weight excluding hydrogens is 360 g/mol. The van der Waals surface area contributed by atoms with Crippen LogP contribution in [-0.4, -0.2) is 47.2 Å². The number of aliphatic carboxylic acids is 1. The van der Waals surface area contributed by atoms with E-state index in [0.717, 1.165) is 6.07 Å². The van der Waals surface area contributed by atoms with Crippen molar-refractivity contribution in [2.24, 2.45) is 0 Å². The van der Waals surface area contributed by atoms with Crippen molar-refractivity contribution >= 4 is 11.9 Å².